The predicted molar refractivity (Wildman–Crippen MR) is 89.7 cm³/mol. The van der Waals surface area contributed by atoms with Crippen LogP contribution in [0.25, 0.3) is 0 Å². The van der Waals surface area contributed by atoms with Crippen molar-refractivity contribution in [1.29, 1.82) is 0 Å². The summed E-state index contributed by atoms with van der Waals surface area (Å²) in [5.74, 6) is 0.309. The Balaban J connectivity index is 1.60. The molecule has 2 aliphatic rings. The van der Waals surface area contributed by atoms with Gasteiger partial charge in [-0.2, -0.15) is 0 Å². The number of nitrogens with zero attached hydrogens (tertiary/aromatic N) is 3. The SMILES string of the molecule is Cc1nc2c(s1)CCC[C@H]2CN(C)C(=O)N[C@@H]1CCN(C)C1=O. The first-order valence-corrected chi connectivity index (χ1v) is 9.00. The number of hydrogen-bond acceptors (Lipinski definition) is 4. The van der Waals surface area contributed by atoms with E-state index < -0.39 is 0 Å². The van der Waals surface area contributed by atoms with Crippen molar-refractivity contribution in [3.05, 3.63) is 15.6 Å². The highest BCUT2D eigenvalue weighted by Gasteiger charge is 2.32. The maximum Gasteiger partial charge on any atom is 0.317 e. The smallest absolute Gasteiger partial charge is 0.317 e. The van der Waals surface area contributed by atoms with Crippen LogP contribution in [0.4, 0.5) is 4.79 Å². The van der Waals surface area contributed by atoms with Crippen LogP contribution in [0.15, 0.2) is 0 Å². The minimum atomic E-state index is -0.376. The van der Waals surface area contributed by atoms with Gasteiger partial charge in [-0.1, -0.05) is 0 Å². The Morgan fingerprint density at radius 2 is 2.26 bits per heavy atom. The normalized spacial score (nSPS) is 23.8. The molecule has 7 heteroatoms. The fourth-order valence-electron chi connectivity index (χ4n) is 3.44. The van der Waals surface area contributed by atoms with Crippen LogP contribution in [0, 0.1) is 6.92 Å². The predicted octanol–water partition coefficient (Wildman–Crippen LogP) is 1.74. The number of carbonyl (C=O) groups is 2. The molecule has 2 heterocycles. The zero-order valence-corrected chi connectivity index (χ0v) is 14.8. The maximum absolute atomic E-state index is 12.4. The van der Waals surface area contributed by atoms with Gasteiger partial charge in [0.05, 0.1) is 10.7 Å². The summed E-state index contributed by atoms with van der Waals surface area (Å²) < 4.78 is 0. The van der Waals surface area contributed by atoms with Gasteiger partial charge in [0.2, 0.25) is 5.91 Å². The van der Waals surface area contributed by atoms with Crippen molar-refractivity contribution < 1.29 is 9.59 Å². The van der Waals surface area contributed by atoms with E-state index in [9.17, 15) is 9.59 Å². The number of urea groups is 1. The first-order valence-electron chi connectivity index (χ1n) is 8.18. The number of fused-ring (bicyclic) bond motifs is 1. The van der Waals surface area contributed by atoms with Gasteiger partial charge < -0.3 is 15.1 Å². The second-order valence-corrected chi connectivity index (χ2v) is 7.85. The van der Waals surface area contributed by atoms with Gasteiger partial charge in [-0.15, -0.1) is 11.3 Å². The molecule has 1 saturated heterocycles. The molecule has 2 atom stereocenters. The van der Waals surface area contributed by atoms with E-state index in [1.165, 1.54) is 10.6 Å². The van der Waals surface area contributed by atoms with Gasteiger partial charge >= 0.3 is 6.03 Å². The van der Waals surface area contributed by atoms with Crippen LogP contribution in [0.3, 0.4) is 0 Å². The van der Waals surface area contributed by atoms with Crippen molar-refractivity contribution in [2.24, 2.45) is 0 Å². The topological polar surface area (TPSA) is 65.5 Å². The van der Waals surface area contributed by atoms with Gasteiger partial charge in [0, 0.05) is 38.0 Å². The second-order valence-electron chi connectivity index (χ2n) is 6.56. The zero-order valence-electron chi connectivity index (χ0n) is 14.0. The third-order valence-electron chi connectivity index (χ3n) is 4.74. The summed E-state index contributed by atoms with van der Waals surface area (Å²) in [6, 6.07) is -0.545. The average Bonchev–Trinajstić information content (AvgIpc) is 3.04. The summed E-state index contributed by atoms with van der Waals surface area (Å²) in [7, 11) is 3.57. The lowest BCUT2D eigenvalue weighted by molar-refractivity contribution is -0.128. The molecule has 3 rings (SSSR count). The highest BCUT2D eigenvalue weighted by molar-refractivity contribution is 7.11. The van der Waals surface area contributed by atoms with Crippen LogP contribution in [-0.2, 0) is 11.2 Å². The van der Waals surface area contributed by atoms with Crippen molar-refractivity contribution in [3.8, 4) is 0 Å². The highest BCUT2D eigenvalue weighted by atomic mass is 32.1. The number of likely N-dealkylation sites (tertiary alicyclic amines) is 1. The summed E-state index contributed by atoms with van der Waals surface area (Å²) in [6.07, 6.45) is 4.02. The molecule has 1 aromatic rings. The number of amides is 3. The van der Waals surface area contributed by atoms with Crippen molar-refractivity contribution in [2.45, 2.75) is 44.6 Å². The summed E-state index contributed by atoms with van der Waals surface area (Å²) in [4.78, 5) is 33.7. The van der Waals surface area contributed by atoms with E-state index in [0.29, 0.717) is 25.4 Å². The summed E-state index contributed by atoms with van der Waals surface area (Å²) in [5, 5.41) is 3.96. The average molecular weight is 336 g/mol. The number of likely N-dealkylation sites (N-methyl/N-ethyl adjacent to an activating group) is 2. The second kappa shape index (κ2) is 6.47. The Labute approximate surface area is 140 Å². The van der Waals surface area contributed by atoms with Gasteiger partial charge in [-0.3, -0.25) is 4.79 Å². The van der Waals surface area contributed by atoms with E-state index in [-0.39, 0.29) is 18.0 Å². The minimum absolute atomic E-state index is 0.00169. The van der Waals surface area contributed by atoms with Gasteiger partial charge in [-0.05, 0) is 32.6 Å². The number of thiazole rings is 1. The molecule has 1 aromatic heterocycles. The van der Waals surface area contributed by atoms with Gasteiger partial charge in [-0.25, -0.2) is 9.78 Å². The Morgan fingerprint density at radius 1 is 1.48 bits per heavy atom. The van der Waals surface area contributed by atoms with Crippen molar-refractivity contribution in [1.82, 2.24) is 20.1 Å². The fraction of sp³-hybridized carbons (Fsp3) is 0.688. The molecule has 0 bridgehead atoms. The Hall–Kier alpha value is -1.63. The molecule has 6 nitrogen and oxygen atoms in total. The van der Waals surface area contributed by atoms with Crippen molar-refractivity contribution in [2.75, 3.05) is 27.2 Å². The Kier molecular flexibility index (Phi) is 4.57. The molecule has 0 aromatic carbocycles. The van der Waals surface area contributed by atoms with Crippen LogP contribution in [0.5, 0.6) is 0 Å². The van der Waals surface area contributed by atoms with Crippen LogP contribution in [-0.4, -0.2) is 59.9 Å². The van der Waals surface area contributed by atoms with Gasteiger partial charge in [0.25, 0.3) is 0 Å². The molecule has 1 aliphatic carbocycles. The number of aromatic nitrogens is 1. The third kappa shape index (κ3) is 3.34. The Morgan fingerprint density at radius 3 is 2.96 bits per heavy atom. The van der Waals surface area contributed by atoms with Crippen LogP contribution < -0.4 is 5.32 Å². The van der Waals surface area contributed by atoms with E-state index in [1.54, 1.807) is 35.2 Å². The number of carbonyl (C=O) groups excluding carboxylic acids is 2. The summed E-state index contributed by atoms with van der Waals surface area (Å²) in [6.45, 7) is 3.40. The van der Waals surface area contributed by atoms with Gasteiger partial charge in [0.15, 0.2) is 0 Å². The number of rotatable bonds is 3. The lowest BCUT2D eigenvalue weighted by atomic mass is 9.90. The lowest BCUT2D eigenvalue weighted by Crippen LogP contribution is -2.47. The standard InChI is InChI=1S/C16H24N4O2S/c1-10-17-14-11(5-4-6-13(14)23-10)9-20(3)16(22)18-12-7-8-19(2)15(12)21/h11-12H,4-9H2,1-3H3,(H,18,22)/t11-,12+/m0/s1. The van der Waals surface area contributed by atoms with Crippen LogP contribution >= 0.6 is 11.3 Å². The fourth-order valence-corrected chi connectivity index (χ4v) is 4.50. The molecule has 23 heavy (non-hydrogen) atoms. The molecule has 126 valence electrons. The van der Waals surface area contributed by atoms with Crippen molar-refractivity contribution >= 4 is 23.3 Å². The number of aryl methyl sites for hydroxylation is 2. The van der Waals surface area contributed by atoms with E-state index >= 15 is 0 Å². The van der Waals surface area contributed by atoms with Gasteiger partial charge in [0.1, 0.15) is 6.04 Å². The monoisotopic (exact) mass is 336 g/mol. The first kappa shape index (κ1) is 16.2. The molecule has 0 radical (unpaired) electrons. The molecule has 0 unspecified atom stereocenters. The van der Waals surface area contributed by atoms with Crippen molar-refractivity contribution in [3.63, 3.8) is 0 Å². The van der Waals surface area contributed by atoms with E-state index in [0.717, 1.165) is 24.3 Å². The number of hydrogen-bond donors (Lipinski definition) is 1. The van der Waals surface area contributed by atoms with E-state index in [2.05, 4.69) is 10.3 Å². The molecule has 3 amide bonds. The van der Waals surface area contributed by atoms with E-state index in [4.69, 9.17) is 0 Å². The largest absolute Gasteiger partial charge is 0.344 e. The minimum Gasteiger partial charge on any atom is -0.344 e. The number of nitrogens with one attached hydrogen (secondary N) is 1. The molecule has 0 spiro atoms. The quantitative estimate of drug-likeness (QED) is 0.914. The lowest BCUT2D eigenvalue weighted by Gasteiger charge is -2.27. The first-order chi connectivity index (χ1) is 11.0. The maximum atomic E-state index is 12.4. The molecular weight excluding hydrogens is 312 g/mol. The molecular formula is C16H24N4O2S. The summed E-state index contributed by atoms with van der Waals surface area (Å²) >= 11 is 1.78. The Bertz CT molecular complexity index is 615. The highest BCUT2D eigenvalue weighted by Crippen LogP contribution is 2.34. The van der Waals surface area contributed by atoms with Crippen LogP contribution in [0.1, 0.15) is 40.8 Å². The zero-order chi connectivity index (χ0) is 16.6. The third-order valence-corrected chi connectivity index (χ3v) is 5.79. The molecule has 1 fully saturated rings. The molecule has 1 aliphatic heterocycles. The molecule has 1 N–H and O–H groups in total. The van der Waals surface area contributed by atoms with Crippen LogP contribution in [0.2, 0.25) is 0 Å². The van der Waals surface area contributed by atoms with E-state index in [1.807, 2.05) is 6.92 Å². The molecule has 0 saturated carbocycles. The summed E-state index contributed by atoms with van der Waals surface area (Å²) in [5.41, 5.74) is 1.18.